The fourth-order valence-corrected chi connectivity index (χ4v) is 8.18. The second-order valence-electron chi connectivity index (χ2n) is 10.1. The van der Waals surface area contributed by atoms with E-state index in [1.54, 1.807) is 13.8 Å². The van der Waals surface area contributed by atoms with Gasteiger partial charge >= 0.3 is 5.97 Å². The van der Waals surface area contributed by atoms with Crippen LogP contribution in [-0.4, -0.2) is 74.0 Å². The van der Waals surface area contributed by atoms with Gasteiger partial charge in [0.25, 0.3) is 0 Å². The van der Waals surface area contributed by atoms with E-state index >= 15 is 0 Å². The number of aliphatic hydroxyl groups excluding tert-OH is 1. The van der Waals surface area contributed by atoms with Gasteiger partial charge in [0.05, 0.1) is 17.1 Å². The van der Waals surface area contributed by atoms with Crippen molar-refractivity contribution < 1.29 is 34.3 Å². The third-order valence-corrected chi connectivity index (χ3v) is 9.46. The maximum Gasteiger partial charge on any atom is 0.334 e. The molecule has 154 valence electrons. The van der Waals surface area contributed by atoms with Crippen LogP contribution in [0.1, 0.15) is 40.0 Å². The molecule has 3 aliphatic carbocycles. The van der Waals surface area contributed by atoms with Crippen molar-refractivity contribution in [3.8, 4) is 0 Å². The molecular formula is C20H25ClO7. The molecule has 6 aliphatic rings. The lowest BCUT2D eigenvalue weighted by atomic mass is 9.45. The van der Waals surface area contributed by atoms with E-state index in [9.17, 15) is 20.1 Å². The van der Waals surface area contributed by atoms with Gasteiger partial charge in [-0.3, -0.25) is 0 Å². The zero-order valence-corrected chi connectivity index (χ0v) is 16.8. The van der Waals surface area contributed by atoms with E-state index < -0.39 is 51.5 Å². The number of cyclic esters (lactones) is 1. The smallest absolute Gasteiger partial charge is 0.334 e. The Kier molecular flexibility index (Phi) is 2.99. The van der Waals surface area contributed by atoms with Crippen molar-refractivity contribution in [3.05, 3.63) is 11.1 Å². The van der Waals surface area contributed by atoms with Gasteiger partial charge in [0, 0.05) is 11.0 Å². The molecule has 0 aromatic carbocycles. The van der Waals surface area contributed by atoms with E-state index in [4.69, 9.17) is 25.8 Å². The number of aliphatic hydroxyl groups is 3. The van der Waals surface area contributed by atoms with Crippen LogP contribution in [0.25, 0.3) is 0 Å². The predicted octanol–water partition coefficient (Wildman–Crippen LogP) is 0.419. The molecule has 3 aliphatic heterocycles. The van der Waals surface area contributed by atoms with Crippen LogP contribution in [0.4, 0.5) is 0 Å². The molecule has 6 rings (SSSR count). The lowest BCUT2D eigenvalue weighted by Crippen LogP contribution is -2.78. The van der Waals surface area contributed by atoms with Gasteiger partial charge in [-0.15, -0.1) is 11.6 Å². The Bertz CT molecular complexity index is 850. The monoisotopic (exact) mass is 412 g/mol. The number of hydrogen-bond acceptors (Lipinski definition) is 7. The van der Waals surface area contributed by atoms with Gasteiger partial charge in [-0.25, -0.2) is 4.79 Å². The van der Waals surface area contributed by atoms with Crippen molar-refractivity contribution in [1.29, 1.82) is 0 Å². The third-order valence-electron chi connectivity index (χ3n) is 8.91. The highest BCUT2D eigenvalue weighted by Crippen LogP contribution is 2.78. The summed E-state index contributed by atoms with van der Waals surface area (Å²) in [4.78, 5) is 12.1. The second-order valence-corrected chi connectivity index (χ2v) is 10.6. The van der Waals surface area contributed by atoms with Crippen molar-refractivity contribution in [3.63, 3.8) is 0 Å². The highest BCUT2D eigenvalue weighted by molar-refractivity contribution is 6.22. The summed E-state index contributed by atoms with van der Waals surface area (Å²) in [6.45, 7) is 5.40. The molecule has 0 amide bonds. The molecule has 3 N–H and O–H groups in total. The van der Waals surface area contributed by atoms with E-state index in [-0.39, 0.29) is 18.5 Å². The minimum Gasteiger partial charge on any atom is -0.458 e. The topological polar surface area (TPSA) is 109 Å². The average molecular weight is 413 g/mol. The Labute approximate surface area is 167 Å². The van der Waals surface area contributed by atoms with Crippen LogP contribution in [-0.2, 0) is 19.0 Å². The molecule has 9 atom stereocenters. The van der Waals surface area contributed by atoms with Gasteiger partial charge in [-0.1, -0.05) is 6.92 Å². The molecule has 28 heavy (non-hydrogen) atoms. The Morgan fingerprint density at radius 3 is 2.68 bits per heavy atom. The van der Waals surface area contributed by atoms with Gasteiger partial charge in [0.15, 0.2) is 5.60 Å². The van der Waals surface area contributed by atoms with Crippen molar-refractivity contribution in [2.75, 3.05) is 6.61 Å². The van der Waals surface area contributed by atoms with Gasteiger partial charge in [0.1, 0.15) is 30.0 Å². The first-order valence-electron chi connectivity index (χ1n) is 9.98. The quantitative estimate of drug-likeness (QED) is 0.325. The summed E-state index contributed by atoms with van der Waals surface area (Å²) in [6, 6.07) is 0. The Hall–Kier alpha value is -0.700. The summed E-state index contributed by atoms with van der Waals surface area (Å²) in [7, 11) is 0. The van der Waals surface area contributed by atoms with Crippen LogP contribution in [0.2, 0.25) is 0 Å². The Morgan fingerprint density at radius 2 is 2.00 bits per heavy atom. The van der Waals surface area contributed by atoms with Gasteiger partial charge in [-0.05, 0) is 44.6 Å². The molecule has 0 aromatic heterocycles. The number of esters is 1. The number of ether oxygens (including phenoxy) is 3. The largest absolute Gasteiger partial charge is 0.458 e. The number of halogens is 1. The minimum atomic E-state index is -1.67. The number of epoxide rings is 1. The zero-order chi connectivity index (χ0) is 20.1. The van der Waals surface area contributed by atoms with Crippen molar-refractivity contribution in [2.45, 2.75) is 86.1 Å². The molecular weight excluding hydrogens is 388 g/mol. The van der Waals surface area contributed by atoms with E-state index in [1.165, 1.54) is 0 Å². The average Bonchev–Trinajstić information content (AvgIpc) is 3.22. The molecule has 3 heterocycles. The number of alkyl halides is 1. The minimum absolute atomic E-state index is 0.0789. The summed E-state index contributed by atoms with van der Waals surface area (Å²) in [5.74, 6) is -0.340. The lowest BCUT2D eigenvalue weighted by molar-refractivity contribution is -0.209. The maximum atomic E-state index is 12.1. The number of rotatable bonds is 1. The Morgan fingerprint density at radius 1 is 1.29 bits per heavy atom. The molecule has 0 aromatic rings. The van der Waals surface area contributed by atoms with Crippen LogP contribution in [0.15, 0.2) is 11.1 Å². The summed E-state index contributed by atoms with van der Waals surface area (Å²) in [5, 5.41) is 33.4. The third kappa shape index (κ3) is 1.46. The molecule has 0 radical (unpaired) electrons. The molecule has 2 saturated carbocycles. The normalized spacial score (nSPS) is 58.8. The molecule has 4 fully saturated rings. The van der Waals surface area contributed by atoms with Crippen LogP contribution in [0.5, 0.6) is 0 Å². The van der Waals surface area contributed by atoms with Gasteiger partial charge in [0.2, 0.25) is 0 Å². The highest BCUT2D eigenvalue weighted by atomic mass is 35.5. The van der Waals surface area contributed by atoms with Gasteiger partial charge < -0.3 is 29.5 Å². The standard InChI is InChI=1S/C20H25ClO7/c1-16(2,24)19-12(21)13-20(28-13)17(3)5-4-8-9(7-26-14(8)22)10(17)6-11(27-19)18(20,25)15(19)23/h10-13,15,23-25H,4-7H2,1-3H3/t10-,11+,12+,13-,15-,17-,18+,19-,20+/m0/s1. The second kappa shape index (κ2) is 4.63. The SMILES string of the molecule is CC(C)(O)[C@]12O[C@@H]3C[C@H]4C5=C(CC[C@]4(C)[C@@]4(O[C@H]4[C@H]1Cl)[C@]3(O)[C@@H]2O)C(=O)OC5. The van der Waals surface area contributed by atoms with E-state index in [0.29, 0.717) is 19.3 Å². The van der Waals surface area contributed by atoms with E-state index in [0.717, 1.165) is 11.1 Å². The molecule has 2 saturated heterocycles. The van der Waals surface area contributed by atoms with Crippen LogP contribution >= 0.6 is 11.6 Å². The first kappa shape index (κ1) is 18.1. The Balaban J connectivity index is 1.57. The molecule has 1 spiro atoms. The summed E-state index contributed by atoms with van der Waals surface area (Å²) >= 11 is 6.82. The fraction of sp³-hybridized carbons (Fsp3) is 0.850. The first-order chi connectivity index (χ1) is 13.0. The zero-order valence-electron chi connectivity index (χ0n) is 16.1. The van der Waals surface area contributed by atoms with Crippen LogP contribution < -0.4 is 0 Å². The lowest BCUT2D eigenvalue weighted by Gasteiger charge is -2.59. The number of carbonyl (C=O) groups is 1. The fourth-order valence-electron chi connectivity index (χ4n) is 7.52. The molecule has 2 bridgehead atoms. The number of carbonyl (C=O) groups excluding carboxylic acids is 1. The summed E-state index contributed by atoms with van der Waals surface area (Å²) in [5.41, 5.74) is -4.61. The predicted molar refractivity (Wildman–Crippen MR) is 95.5 cm³/mol. The number of hydrogen-bond donors (Lipinski definition) is 3. The molecule has 7 nitrogen and oxygen atoms in total. The summed E-state index contributed by atoms with van der Waals surface area (Å²) < 4.78 is 17.8. The van der Waals surface area contributed by atoms with Crippen LogP contribution in [0.3, 0.4) is 0 Å². The highest BCUT2D eigenvalue weighted by Gasteiger charge is 2.95. The van der Waals surface area contributed by atoms with Crippen molar-refractivity contribution in [1.82, 2.24) is 0 Å². The molecule has 0 unspecified atom stereocenters. The molecule has 8 heteroatoms. The first-order valence-corrected chi connectivity index (χ1v) is 10.4. The number of fused-ring (bicyclic) bond motifs is 3. The van der Waals surface area contributed by atoms with Crippen molar-refractivity contribution >= 4 is 17.6 Å². The summed E-state index contributed by atoms with van der Waals surface area (Å²) in [6.07, 6.45) is -1.10. The van der Waals surface area contributed by atoms with E-state index in [2.05, 4.69) is 6.92 Å². The van der Waals surface area contributed by atoms with E-state index in [1.807, 2.05) is 0 Å². The van der Waals surface area contributed by atoms with Crippen molar-refractivity contribution in [2.24, 2.45) is 11.3 Å². The van der Waals surface area contributed by atoms with Gasteiger partial charge in [-0.2, -0.15) is 0 Å². The van der Waals surface area contributed by atoms with Crippen LogP contribution in [0, 0.1) is 11.3 Å². The maximum absolute atomic E-state index is 12.1.